The molecule has 0 bridgehead atoms. The lowest BCUT2D eigenvalue weighted by molar-refractivity contribution is -0.117. The van der Waals surface area contributed by atoms with Gasteiger partial charge in [-0.05, 0) is 43.3 Å². The Morgan fingerprint density at radius 2 is 1.93 bits per heavy atom. The number of carbonyl (C=O) groups is 1. The summed E-state index contributed by atoms with van der Waals surface area (Å²) >= 11 is 1.30. The van der Waals surface area contributed by atoms with E-state index < -0.39 is 5.91 Å². The van der Waals surface area contributed by atoms with E-state index in [0.29, 0.717) is 21.7 Å². The Hall–Kier alpha value is -3.46. The summed E-state index contributed by atoms with van der Waals surface area (Å²) in [4.78, 5) is 30.1. The fraction of sp³-hybridized carbons (Fsp3) is 0.105. The third-order valence-corrected chi connectivity index (χ3v) is 4.97. The van der Waals surface area contributed by atoms with Gasteiger partial charge in [0.2, 0.25) is 5.91 Å². The fourth-order valence-corrected chi connectivity index (χ4v) is 3.60. The normalized spacial score (nSPS) is 10.9. The van der Waals surface area contributed by atoms with Crippen LogP contribution >= 0.6 is 11.3 Å². The summed E-state index contributed by atoms with van der Waals surface area (Å²) in [6.45, 7) is 1.59. The van der Waals surface area contributed by atoms with Crippen molar-refractivity contribution < 1.29 is 9.18 Å². The minimum Gasteiger partial charge on any atom is -0.300 e. The lowest BCUT2D eigenvalue weighted by Crippen LogP contribution is -2.30. The van der Waals surface area contributed by atoms with Crippen LogP contribution in [0, 0.1) is 12.7 Å². The zero-order valence-electron chi connectivity index (χ0n) is 14.7. The average Bonchev–Trinajstić information content (AvgIpc) is 3.05. The number of fused-ring (bicyclic) bond motifs is 1. The molecule has 7 nitrogen and oxygen atoms in total. The summed E-state index contributed by atoms with van der Waals surface area (Å²) in [5.74, 6) is -0.766. The number of hydrogen-bond acceptors (Lipinski definition) is 6. The van der Waals surface area contributed by atoms with Gasteiger partial charge in [0.25, 0.3) is 5.56 Å². The maximum Gasteiger partial charge on any atom is 0.278 e. The van der Waals surface area contributed by atoms with Crippen LogP contribution in [0.4, 0.5) is 9.52 Å². The molecule has 0 aliphatic heterocycles. The number of carbonyl (C=O) groups excluding carboxylic acids is 1. The van der Waals surface area contributed by atoms with Crippen molar-refractivity contribution in [3.05, 3.63) is 69.6 Å². The van der Waals surface area contributed by atoms with Crippen molar-refractivity contribution in [2.45, 2.75) is 13.5 Å². The van der Waals surface area contributed by atoms with Crippen LogP contribution in [0.2, 0.25) is 0 Å². The summed E-state index contributed by atoms with van der Waals surface area (Å²) < 4.78 is 14.1. The molecule has 2 aromatic carbocycles. The van der Waals surface area contributed by atoms with Crippen LogP contribution < -0.4 is 10.9 Å². The number of halogens is 1. The number of anilines is 1. The summed E-state index contributed by atoms with van der Waals surface area (Å²) in [5.41, 5.74) is 1.52. The van der Waals surface area contributed by atoms with Crippen LogP contribution in [0.5, 0.6) is 0 Å². The Bertz CT molecular complexity index is 1230. The molecule has 0 spiro atoms. The van der Waals surface area contributed by atoms with Gasteiger partial charge >= 0.3 is 0 Å². The second-order valence-corrected chi connectivity index (χ2v) is 7.25. The lowest BCUT2D eigenvalue weighted by atomic mass is 10.1. The molecule has 2 aromatic heterocycles. The maximum absolute atomic E-state index is 13.1. The first kappa shape index (κ1) is 17.9. The molecule has 0 fully saturated rings. The molecule has 0 saturated heterocycles. The molecule has 0 aliphatic carbocycles. The molecule has 0 atom stereocenters. The largest absolute Gasteiger partial charge is 0.300 e. The average molecular weight is 395 g/mol. The van der Waals surface area contributed by atoms with Crippen LogP contribution in [-0.4, -0.2) is 25.9 Å². The van der Waals surface area contributed by atoms with Crippen LogP contribution in [0.3, 0.4) is 0 Å². The Balaban J connectivity index is 1.53. The Morgan fingerprint density at radius 1 is 1.18 bits per heavy atom. The highest BCUT2D eigenvalue weighted by Gasteiger charge is 2.14. The van der Waals surface area contributed by atoms with Crippen molar-refractivity contribution in [2.24, 2.45) is 0 Å². The molecular formula is C19H14FN5O2S. The zero-order valence-corrected chi connectivity index (χ0v) is 15.5. The van der Waals surface area contributed by atoms with Crippen LogP contribution in [0.15, 0.2) is 53.3 Å². The molecule has 0 aliphatic rings. The van der Waals surface area contributed by atoms with Gasteiger partial charge < -0.3 is 5.32 Å². The summed E-state index contributed by atoms with van der Waals surface area (Å²) in [7, 11) is 0. The molecule has 9 heteroatoms. The van der Waals surface area contributed by atoms with E-state index in [9.17, 15) is 14.0 Å². The van der Waals surface area contributed by atoms with E-state index in [-0.39, 0.29) is 17.9 Å². The molecular weight excluding hydrogens is 381 g/mol. The number of aromatic nitrogens is 4. The third-order valence-electron chi connectivity index (χ3n) is 4.08. The number of hydrogen-bond donors (Lipinski definition) is 1. The summed E-state index contributed by atoms with van der Waals surface area (Å²) in [6, 6.07) is 12.8. The predicted octanol–water partition coefficient (Wildman–Crippen LogP) is 3.00. The van der Waals surface area contributed by atoms with E-state index in [1.54, 1.807) is 36.4 Å². The van der Waals surface area contributed by atoms with Crippen molar-refractivity contribution in [3.8, 4) is 11.3 Å². The summed E-state index contributed by atoms with van der Waals surface area (Å²) in [6.07, 6.45) is 0. The van der Waals surface area contributed by atoms with Gasteiger partial charge in [0, 0.05) is 10.4 Å². The van der Waals surface area contributed by atoms with Gasteiger partial charge in [-0.3, -0.25) is 9.59 Å². The number of rotatable bonds is 4. The van der Waals surface area contributed by atoms with Gasteiger partial charge in [-0.1, -0.05) is 17.3 Å². The van der Waals surface area contributed by atoms with Gasteiger partial charge in [0.1, 0.15) is 17.9 Å². The van der Waals surface area contributed by atoms with Crippen molar-refractivity contribution in [1.82, 2.24) is 20.0 Å². The second-order valence-electron chi connectivity index (χ2n) is 6.05. The Morgan fingerprint density at radius 3 is 2.71 bits per heavy atom. The first-order chi connectivity index (χ1) is 13.5. The van der Waals surface area contributed by atoms with Gasteiger partial charge in [-0.15, -0.1) is 16.4 Å². The van der Waals surface area contributed by atoms with Crippen LogP contribution in [0.1, 0.15) is 4.88 Å². The third kappa shape index (κ3) is 3.52. The topological polar surface area (TPSA) is 89.8 Å². The van der Waals surface area contributed by atoms with Gasteiger partial charge in [0.05, 0.1) is 11.1 Å². The first-order valence-electron chi connectivity index (χ1n) is 8.37. The number of thiazole rings is 1. The fourth-order valence-electron chi connectivity index (χ4n) is 2.75. The van der Waals surface area contributed by atoms with Gasteiger partial charge in [-0.2, -0.15) is 0 Å². The standard InChI is InChI=1S/C19H14FN5O2S/c1-11-17(12-6-8-13(20)9-7-12)22-19(28-11)21-16(26)10-25-18(27)14-4-2-3-5-15(14)23-24-25/h2-9H,10H2,1H3,(H,21,22,26). The second kappa shape index (κ2) is 7.28. The minimum absolute atomic E-state index is 0.277. The maximum atomic E-state index is 13.1. The van der Waals surface area contributed by atoms with E-state index in [1.807, 2.05) is 6.92 Å². The lowest BCUT2D eigenvalue weighted by Gasteiger charge is -2.04. The number of aryl methyl sites for hydroxylation is 1. The predicted molar refractivity (Wildman–Crippen MR) is 105 cm³/mol. The van der Waals surface area contributed by atoms with E-state index in [2.05, 4.69) is 20.6 Å². The molecule has 0 saturated carbocycles. The number of benzene rings is 2. The number of amides is 1. The van der Waals surface area contributed by atoms with Crippen LogP contribution in [-0.2, 0) is 11.3 Å². The molecule has 1 amide bonds. The quantitative estimate of drug-likeness (QED) is 0.574. The van der Waals surface area contributed by atoms with Gasteiger partial charge in [0.15, 0.2) is 5.13 Å². The SMILES string of the molecule is Cc1sc(NC(=O)Cn2nnc3ccccc3c2=O)nc1-c1ccc(F)cc1. The first-order valence-corrected chi connectivity index (χ1v) is 9.18. The highest BCUT2D eigenvalue weighted by Crippen LogP contribution is 2.30. The smallest absolute Gasteiger partial charge is 0.278 e. The molecule has 0 radical (unpaired) electrons. The Kier molecular flexibility index (Phi) is 4.66. The van der Waals surface area contributed by atoms with Crippen molar-refractivity contribution in [1.29, 1.82) is 0 Å². The highest BCUT2D eigenvalue weighted by atomic mass is 32.1. The molecule has 0 unspecified atom stereocenters. The molecule has 2 heterocycles. The molecule has 1 N–H and O–H groups in total. The molecule has 28 heavy (non-hydrogen) atoms. The van der Waals surface area contributed by atoms with E-state index >= 15 is 0 Å². The zero-order chi connectivity index (χ0) is 19.7. The van der Waals surface area contributed by atoms with E-state index in [0.717, 1.165) is 15.1 Å². The molecule has 4 rings (SSSR count). The van der Waals surface area contributed by atoms with Crippen molar-refractivity contribution in [2.75, 3.05) is 5.32 Å². The monoisotopic (exact) mass is 395 g/mol. The molecule has 4 aromatic rings. The highest BCUT2D eigenvalue weighted by molar-refractivity contribution is 7.16. The molecule has 140 valence electrons. The van der Waals surface area contributed by atoms with Gasteiger partial charge in [-0.25, -0.2) is 14.1 Å². The van der Waals surface area contributed by atoms with E-state index in [1.165, 1.54) is 23.5 Å². The minimum atomic E-state index is -0.439. The van der Waals surface area contributed by atoms with E-state index in [4.69, 9.17) is 0 Å². The van der Waals surface area contributed by atoms with Crippen molar-refractivity contribution >= 4 is 33.3 Å². The Labute approximate surface area is 162 Å². The van der Waals surface area contributed by atoms with Crippen LogP contribution in [0.25, 0.3) is 22.2 Å². The number of nitrogens with zero attached hydrogens (tertiary/aromatic N) is 4. The summed E-state index contributed by atoms with van der Waals surface area (Å²) in [5, 5.41) is 11.2. The van der Waals surface area contributed by atoms with Crippen molar-refractivity contribution in [3.63, 3.8) is 0 Å². The number of nitrogens with one attached hydrogen (secondary N) is 1.